The third-order valence-electron chi connectivity index (χ3n) is 3.53. The molecule has 0 bridgehead atoms. The molecular formula is C16H20ClF3N2O3. The van der Waals surface area contributed by atoms with Crippen LogP contribution in [0.3, 0.4) is 0 Å². The van der Waals surface area contributed by atoms with Crippen LogP contribution in [0.4, 0.5) is 18.9 Å². The Morgan fingerprint density at radius 2 is 1.92 bits per heavy atom. The van der Waals surface area contributed by atoms with Gasteiger partial charge in [0.1, 0.15) is 0 Å². The van der Waals surface area contributed by atoms with E-state index in [4.69, 9.17) is 11.6 Å². The molecule has 2 atom stereocenters. The third kappa shape index (κ3) is 5.01. The first kappa shape index (κ1) is 21.1. The van der Waals surface area contributed by atoms with E-state index in [1.807, 2.05) is 0 Å². The summed E-state index contributed by atoms with van der Waals surface area (Å²) in [6.07, 6.45) is -4.86. The highest BCUT2D eigenvalue weighted by atomic mass is 35.5. The van der Waals surface area contributed by atoms with E-state index < -0.39 is 29.6 Å². The molecule has 1 aromatic carbocycles. The van der Waals surface area contributed by atoms with Crippen LogP contribution in [0.1, 0.15) is 27.2 Å². The number of carbonyl (C=O) groups is 2. The van der Waals surface area contributed by atoms with Crippen LogP contribution in [0, 0.1) is 5.92 Å². The number of benzene rings is 1. The van der Waals surface area contributed by atoms with Gasteiger partial charge < -0.3 is 15.4 Å². The lowest BCUT2D eigenvalue weighted by Crippen LogP contribution is -2.70. The van der Waals surface area contributed by atoms with Crippen molar-refractivity contribution in [1.29, 1.82) is 0 Å². The maximum absolute atomic E-state index is 13.9. The number of nitrogens with one attached hydrogen (secondary N) is 2. The lowest BCUT2D eigenvalue weighted by atomic mass is 10.0. The van der Waals surface area contributed by atoms with Gasteiger partial charge in [0, 0.05) is 16.6 Å². The molecule has 0 aromatic heterocycles. The summed E-state index contributed by atoms with van der Waals surface area (Å²) >= 11 is 5.78. The predicted octanol–water partition coefficient (Wildman–Crippen LogP) is 3.74. The highest BCUT2D eigenvalue weighted by Gasteiger charge is 2.63. The first-order valence-corrected chi connectivity index (χ1v) is 8.04. The number of carbonyl (C=O) groups excluding carboxylic acids is 2. The first-order chi connectivity index (χ1) is 11.6. The Morgan fingerprint density at radius 1 is 1.28 bits per heavy atom. The minimum Gasteiger partial charge on any atom is -0.463 e. The number of ether oxygens (including phenoxy) is 1. The fraction of sp³-hybridized carbons (Fsp3) is 0.500. The number of hydrogen-bond acceptors (Lipinski definition) is 4. The van der Waals surface area contributed by atoms with Crippen LogP contribution in [0.2, 0.25) is 5.02 Å². The zero-order valence-electron chi connectivity index (χ0n) is 14.0. The van der Waals surface area contributed by atoms with Crippen LogP contribution in [0.5, 0.6) is 0 Å². The van der Waals surface area contributed by atoms with Crippen LogP contribution < -0.4 is 10.6 Å². The van der Waals surface area contributed by atoms with Crippen LogP contribution in [-0.4, -0.2) is 30.3 Å². The molecule has 0 saturated heterocycles. The first-order valence-electron chi connectivity index (χ1n) is 7.67. The topological polar surface area (TPSA) is 67.4 Å². The van der Waals surface area contributed by atoms with Crippen molar-refractivity contribution < 1.29 is 27.5 Å². The second-order valence-corrected chi connectivity index (χ2v) is 5.84. The third-order valence-corrected chi connectivity index (χ3v) is 3.77. The summed E-state index contributed by atoms with van der Waals surface area (Å²) in [4.78, 5) is 24.3. The lowest BCUT2D eigenvalue weighted by molar-refractivity contribution is -0.208. The SMILES string of the molecule is CCOC(=O)[C@@](NC(=O)[C@H](C)CC)(Nc1cccc(Cl)c1)C(F)(F)F. The van der Waals surface area contributed by atoms with Gasteiger partial charge in [-0.05, 0) is 31.5 Å². The van der Waals surface area contributed by atoms with E-state index in [2.05, 4.69) is 10.1 Å². The van der Waals surface area contributed by atoms with Gasteiger partial charge in [0.2, 0.25) is 5.91 Å². The van der Waals surface area contributed by atoms with E-state index >= 15 is 0 Å². The van der Waals surface area contributed by atoms with Crippen molar-refractivity contribution >= 4 is 29.2 Å². The van der Waals surface area contributed by atoms with E-state index in [1.165, 1.54) is 38.1 Å². The maximum Gasteiger partial charge on any atom is 0.441 e. The van der Waals surface area contributed by atoms with Gasteiger partial charge in [-0.3, -0.25) is 4.79 Å². The molecule has 0 aliphatic carbocycles. The maximum atomic E-state index is 13.9. The molecule has 0 fully saturated rings. The highest BCUT2D eigenvalue weighted by Crippen LogP contribution is 2.34. The van der Waals surface area contributed by atoms with E-state index in [-0.39, 0.29) is 17.3 Å². The molecule has 0 radical (unpaired) electrons. The summed E-state index contributed by atoms with van der Waals surface area (Å²) in [7, 11) is 0. The quantitative estimate of drug-likeness (QED) is 0.558. The smallest absolute Gasteiger partial charge is 0.441 e. The number of anilines is 1. The minimum absolute atomic E-state index is 0.0951. The predicted molar refractivity (Wildman–Crippen MR) is 88.1 cm³/mol. The van der Waals surface area contributed by atoms with Crippen molar-refractivity contribution in [1.82, 2.24) is 5.32 Å². The Hall–Kier alpha value is -1.96. The van der Waals surface area contributed by atoms with Crippen LogP contribution in [-0.2, 0) is 14.3 Å². The van der Waals surface area contributed by atoms with Crippen molar-refractivity contribution in [2.45, 2.75) is 39.0 Å². The zero-order chi connectivity index (χ0) is 19.3. The molecule has 5 nitrogen and oxygen atoms in total. The fourth-order valence-electron chi connectivity index (χ4n) is 1.91. The molecule has 0 aliphatic heterocycles. The number of amides is 1. The molecule has 2 N–H and O–H groups in total. The highest BCUT2D eigenvalue weighted by molar-refractivity contribution is 6.30. The second kappa shape index (κ2) is 8.42. The van der Waals surface area contributed by atoms with Crippen molar-refractivity contribution in [3.05, 3.63) is 29.3 Å². The monoisotopic (exact) mass is 380 g/mol. The standard InChI is InChI=1S/C16H20ClF3N2O3/c1-4-10(3)13(23)22-15(16(18,19)20,14(24)25-5-2)21-12-8-6-7-11(17)9-12/h6-10,21H,4-5H2,1-3H3,(H,22,23)/t10-,15+/m1/s1. The Kier molecular flexibility index (Phi) is 7.10. The number of rotatable bonds is 7. The molecular weight excluding hydrogens is 361 g/mol. The molecule has 25 heavy (non-hydrogen) atoms. The zero-order valence-corrected chi connectivity index (χ0v) is 14.8. The van der Waals surface area contributed by atoms with Gasteiger partial charge in [-0.15, -0.1) is 0 Å². The number of hydrogen-bond donors (Lipinski definition) is 2. The van der Waals surface area contributed by atoms with Crippen molar-refractivity contribution in [2.24, 2.45) is 5.92 Å². The Balaban J connectivity index is 3.39. The summed E-state index contributed by atoms with van der Waals surface area (Å²) in [6.45, 7) is 4.19. The van der Waals surface area contributed by atoms with Gasteiger partial charge in [0.25, 0.3) is 0 Å². The summed E-state index contributed by atoms with van der Waals surface area (Å²) in [5.41, 5.74) is -3.52. The molecule has 0 aliphatic rings. The van der Waals surface area contributed by atoms with E-state index in [0.717, 1.165) is 0 Å². The fourth-order valence-corrected chi connectivity index (χ4v) is 2.10. The van der Waals surface area contributed by atoms with Gasteiger partial charge >= 0.3 is 17.8 Å². The van der Waals surface area contributed by atoms with Gasteiger partial charge in [-0.2, -0.15) is 13.2 Å². The van der Waals surface area contributed by atoms with E-state index in [0.29, 0.717) is 6.42 Å². The van der Waals surface area contributed by atoms with Crippen LogP contribution in [0.15, 0.2) is 24.3 Å². The van der Waals surface area contributed by atoms with Gasteiger partial charge in [0.05, 0.1) is 6.61 Å². The Labute approximate surface area is 148 Å². The second-order valence-electron chi connectivity index (χ2n) is 5.40. The summed E-state index contributed by atoms with van der Waals surface area (Å²) in [5, 5.41) is 4.00. The van der Waals surface area contributed by atoms with Gasteiger partial charge in [-0.25, -0.2) is 4.79 Å². The van der Waals surface area contributed by atoms with Crippen molar-refractivity contribution in [3.8, 4) is 0 Å². The molecule has 0 heterocycles. The molecule has 9 heteroatoms. The Morgan fingerprint density at radius 3 is 2.40 bits per heavy atom. The minimum atomic E-state index is -5.16. The molecule has 1 rings (SSSR count). The average molecular weight is 381 g/mol. The average Bonchev–Trinajstić information content (AvgIpc) is 2.52. The Bertz CT molecular complexity index is 625. The summed E-state index contributed by atoms with van der Waals surface area (Å²) < 4.78 is 46.1. The van der Waals surface area contributed by atoms with E-state index in [1.54, 1.807) is 12.2 Å². The lowest BCUT2D eigenvalue weighted by Gasteiger charge is -2.36. The number of esters is 1. The number of alkyl halides is 3. The number of halogens is 4. The van der Waals surface area contributed by atoms with Crippen molar-refractivity contribution in [3.63, 3.8) is 0 Å². The largest absolute Gasteiger partial charge is 0.463 e. The summed E-state index contributed by atoms with van der Waals surface area (Å²) in [6, 6.07) is 5.37. The van der Waals surface area contributed by atoms with E-state index in [9.17, 15) is 22.8 Å². The van der Waals surface area contributed by atoms with Gasteiger partial charge in [0.15, 0.2) is 0 Å². The van der Waals surface area contributed by atoms with Crippen molar-refractivity contribution in [2.75, 3.05) is 11.9 Å². The van der Waals surface area contributed by atoms with Gasteiger partial charge in [-0.1, -0.05) is 31.5 Å². The van der Waals surface area contributed by atoms with Crippen LogP contribution in [0.25, 0.3) is 0 Å². The molecule has 1 amide bonds. The molecule has 0 unspecified atom stereocenters. The normalized spacial score (nSPS) is 15.0. The molecule has 0 spiro atoms. The van der Waals surface area contributed by atoms with Crippen LogP contribution >= 0.6 is 11.6 Å². The molecule has 1 aromatic rings. The molecule has 140 valence electrons. The molecule has 0 saturated carbocycles. The summed E-state index contributed by atoms with van der Waals surface area (Å²) in [5.74, 6) is -3.31.